The van der Waals surface area contributed by atoms with Gasteiger partial charge in [0.2, 0.25) is 0 Å². The maximum Gasteiger partial charge on any atom is 0.0104 e. The van der Waals surface area contributed by atoms with E-state index in [1.807, 2.05) is 0 Å². The van der Waals surface area contributed by atoms with Crippen molar-refractivity contribution in [2.45, 2.75) is 91.6 Å². The molecule has 9 atom stereocenters. The Hall–Kier alpha value is -0.0400. The van der Waals surface area contributed by atoms with Crippen LogP contribution in [0.1, 0.15) is 79.6 Å². The fourth-order valence-corrected chi connectivity index (χ4v) is 8.01. The van der Waals surface area contributed by atoms with Crippen molar-refractivity contribution in [3.63, 3.8) is 0 Å². The van der Waals surface area contributed by atoms with Crippen molar-refractivity contribution in [1.82, 2.24) is 5.32 Å². The molecule has 4 fully saturated rings. The van der Waals surface area contributed by atoms with Gasteiger partial charge >= 0.3 is 0 Å². The summed E-state index contributed by atoms with van der Waals surface area (Å²) in [6.07, 6.45) is 10.3. The normalized spacial score (nSPS) is 54.4. The minimum absolute atomic E-state index is 0.586. The molecule has 132 valence electrons. The Morgan fingerprint density at radius 1 is 0.870 bits per heavy atom. The van der Waals surface area contributed by atoms with E-state index in [0.717, 1.165) is 53.5 Å². The highest BCUT2D eigenvalue weighted by molar-refractivity contribution is 5.11. The van der Waals surface area contributed by atoms with Gasteiger partial charge in [0, 0.05) is 12.1 Å². The zero-order chi connectivity index (χ0) is 16.4. The minimum Gasteiger partial charge on any atom is -0.311 e. The van der Waals surface area contributed by atoms with E-state index >= 15 is 0 Å². The molecule has 3 aliphatic carbocycles. The van der Waals surface area contributed by atoms with Gasteiger partial charge in [0.25, 0.3) is 0 Å². The Labute approximate surface area is 144 Å². The van der Waals surface area contributed by atoms with Gasteiger partial charge < -0.3 is 5.32 Å². The minimum atomic E-state index is 0.586. The first kappa shape index (κ1) is 16.4. The van der Waals surface area contributed by atoms with Crippen molar-refractivity contribution >= 4 is 0 Å². The van der Waals surface area contributed by atoms with Gasteiger partial charge in [-0.05, 0) is 78.9 Å². The summed E-state index contributed by atoms with van der Waals surface area (Å²) < 4.78 is 0. The average Bonchev–Trinajstić information content (AvgIpc) is 2.99. The summed E-state index contributed by atoms with van der Waals surface area (Å²) >= 11 is 0. The topological polar surface area (TPSA) is 12.0 Å². The number of hydrogen-bond donors (Lipinski definition) is 1. The highest BCUT2D eigenvalue weighted by atomic mass is 15.0. The lowest BCUT2D eigenvalue weighted by atomic mass is 9.63. The largest absolute Gasteiger partial charge is 0.311 e. The monoisotopic (exact) mass is 317 g/mol. The fourth-order valence-electron chi connectivity index (χ4n) is 8.01. The standard InChI is InChI=1S/C22H39N/c1-6-14-17-11-16-15-9-8-13(3)10-18(15)22(4,5)19(16)12-21(17)23-20(14)7-2/h13-21,23H,6-12H2,1-5H3. The van der Waals surface area contributed by atoms with Gasteiger partial charge in [0.1, 0.15) is 0 Å². The molecule has 23 heavy (non-hydrogen) atoms. The molecule has 0 bridgehead atoms. The molecule has 0 radical (unpaired) electrons. The van der Waals surface area contributed by atoms with Crippen molar-refractivity contribution < 1.29 is 0 Å². The zero-order valence-corrected chi connectivity index (χ0v) is 16.1. The maximum atomic E-state index is 4.08. The average molecular weight is 318 g/mol. The van der Waals surface area contributed by atoms with Crippen LogP contribution in [0.25, 0.3) is 0 Å². The summed E-state index contributed by atoms with van der Waals surface area (Å²) in [5.41, 5.74) is 0.586. The van der Waals surface area contributed by atoms with E-state index in [0.29, 0.717) is 5.41 Å². The predicted octanol–water partition coefficient (Wildman–Crippen LogP) is 5.50. The number of hydrogen-bond acceptors (Lipinski definition) is 1. The second-order valence-electron chi connectivity index (χ2n) is 10.3. The van der Waals surface area contributed by atoms with Gasteiger partial charge in [-0.25, -0.2) is 0 Å². The Balaban J connectivity index is 1.60. The lowest BCUT2D eigenvalue weighted by molar-refractivity contribution is 0.0852. The maximum absolute atomic E-state index is 4.08. The van der Waals surface area contributed by atoms with E-state index in [4.69, 9.17) is 0 Å². The Kier molecular flexibility index (Phi) is 4.11. The molecule has 1 heterocycles. The van der Waals surface area contributed by atoms with Crippen LogP contribution in [0.2, 0.25) is 0 Å². The summed E-state index contributed by atoms with van der Waals surface area (Å²) in [5.74, 6) is 7.03. The van der Waals surface area contributed by atoms with Crippen molar-refractivity contribution in [2.24, 2.45) is 46.8 Å². The highest BCUT2D eigenvalue weighted by Gasteiger charge is 2.60. The van der Waals surface area contributed by atoms with Gasteiger partial charge in [0.15, 0.2) is 0 Å². The van der Waals surface area contributed by atoms with Crippen LogP contribution >= 0.6 is 0 Å². The first-order chi connectivity index (χ1) is 11.0. The summed E-state index contributed by atoms with van der Waals surface area (Å²) in [5, 5.41) is 4.08. The lowest BCUT2D eigenvalue weighted by Gasteiger charge is -2.42. The Bertz CT molecular complexity index is 441. The third kappa shape index (κ3) is 2.35. The van der Waals surface area contributed by atoms with Crippen LogP contribution in [0.15, 0.2) is 0 Å². The molecule has 9 unspecified atom stereocenters. The first-order valence-electron chi connectivity index (χ1n) is 10.7. The van der Waals surface area contributed by atoms with Crippen LogP contribution in [0.5, 0.6) is 0 Å². The third-order valence-corrected chi connectivity index (χ3v) is 9.12. The van der Waals surface area contributed by atoms with E-state index in [9.17, 15) is 0 Å². The SMILES string of the molecule is CCC1NC2CC3C(CC2C1CC)C1CCC(C)CC1C3(C)C. The fraction of sp³-hybridized carbons (Fsp3) is 1.00. The summed E-state index contributed by atoms with van der Waals surface area (Å²) in [7, 11) is 0. The molecule has 3 saturated carbocycles. The summed E-state index contributed by atoms with van der Waals surface area (Å²) in [6.45, 7) is 12.6. The molecule has 1 saturated heterocycles. The molecule has 0 amide bonds. The second-order valence-corrected chi connectivity index (χ2v) is 10.3. The third-order valence-electron chi connectivity index (χ3n) is 9.12. The smallest absolute Gasteiger partial charge is 0.0104 e. The van der Waals surface area contributed by atoms with E-state index in [1.54, 1.807) is 6.42 Å². The van der Waals surface area contributed by atoms with E-state index in [-0.39, 0.29) is 0 Å². The van der Waals surface area contributed by atoms with Crippen molar-refractivity contribution in [2.75, 3.05) is 0 Å². The van der Waals surface area contributed by atoms with Crippen LogP contribution in [0.3, 0.4) is 0 Å². The van der Waals surface area contributed by atoms with Gasteiger partial charge in [-0.15, -0.1) is 0 Å². The molecule has 1 nitrogen and oxygen atoms in total. The highest BCUT2D eigenvalue weighted by Crippen LogP contribution is 2.65. The van der Waals surface area contributed by atoms with Crippen LogP contribution in [0.4, 0.5) is 0 Å². The summed E-state index contributed by atoms with van der Waals surface area (Å²) in [6, 6.07) is 1.64. The predicted molar refractivity (Wildman–Crippen MR) is 98.3 cm³/mol. The van der Waals surface area contributed by atoms with Gasteiger partial charge in [-0.3, -0.25) is 0 Å². The van der Waals surface area contributed by atoms with Crippen LogP contribution in [0, 0.1) is 46.8 Å². The quantitative estimate of drug-likeness (QED) is 0.709. The Morgan fingerprint density at radius 2 is 1.61 bits per heavy atom. The molecule has 1 heteroatoms. The van der Waals surface area contributed by atoms with Crippen LogP contribution in [-0.2, 0) is 0 Å². The van der Waals surface area contributed by atoms with E-state index < -0.39 is 0 Å². The number of rotatable bonds is 2. The van der Waals surface area contributed by atoms with Crippen molar-refractivity contribution in [3.05, 3.63) is 0 Å². The molecular weight excluding hydrogens is 278 g/mol. The number of fused-ring (bicyclic) bond motifs is 4. The summed E-state index contributed by atoms with van der Waals surface area (Å²) in [4.78, 5) is 0. The first-order valence-corrected chi connectivity index (χ1v) is 10.7. The molecule has 1 aliphatic heterocycles. The van der Waals surface area contributed by atoms with Crippen molar-refractivity contribution in [1.29, 1.82) is 0 Å². The molecule has 0 aromatic rings. The molecule has 0 spiro atoms. The molecular formula is C22H39N. The lowest BCUT2D eigenvalue weighted by Crippen LogP contribution is -2.42. The van der Waals surface area contributed by atoms with Crippen LogP contribution < -0.4 is 5.32 Å². The van der Waals surface area contributed by atoms with Gasteiger partial charge in [-0.2, -0.15) is 0 Å². The molecule has 0 aromatic carbocycles. The molecule has 1 N–H and O–H groups in total. The van der Waals surface area contributed by atoms with Gasteiger partial charge in [-0.1, -0.05) is 47.5 Å². The van der Waals surface area contributed by atoms with E-state index in [1.165, 1.54) is 38.5 Å². The second kappa shape index (κ2) is 5.75. The molecule has 4 aliphatic rings. The van der Waals surface area contributed by atoms with Crippen molar-refractivity contribution in [3.8, 4) is 0 Å². The van der Waals surface area contributed by atoms with Crippen LogP contribution in [-0.4, -0.2) is 12.1 Å². The zero-order valence-electron chi connectivity index (χ0n) is 16.1. The Morgan fingerprint density at radius 3 is 2.30 bits per heavy atom. The van der Waals surface area contributed by atoms with Gasteiger partial charge in [0.05, 0.1) is 0 Å². The molecule has 4 rings (SSSR count). The number of nitrogens with one attached hydrogen (secondary N) is 1. The van der Waals surface area contributed by atoms with E-state index in [2.05, 4.69) is 39.9 Å². The molecule has 0 aromatic heterocycles.